The van der Waals surface area contributed by atoms with Gasteiger partial charge >= 0.3 is 5.97 Å². The summed E-state index contributed by atoms with van der Waals surface area (Å²) in [6, 6.07) is 8.56. The van der Waals surface area contributed by atoms with Crippen LogP contribution in [0.4, 0.5) is 0 Å². The van der Waals surface area contributed by atoms with E-state index in [1.54, 1.807) is 0 Å². The SMILES string of the molecule is CCC(C)c1ccc(C2(CC(=O)O)CC2)cc1. The summed E-state index contributed by atoms with van der Waals surface area (Å²) in [5, 5.41) is 8.93. The number of carbonyl (C=O) groups is 1. The lowest BCUT2D eigenvalue weighted by Gasteiger charge is -2.15. The highest BCUT2D eigenvalue weighted by atomic mass is 16.4. The molecule has 0 bridgehead atoms. The molecule has 0 heterocycles. The van der Waals surface area contributed by atoms with Crippen molar-refractivity contribution < 1.29 is 9.90 Å². The van der Waals surface area contributed by atoms with Crippen molar-refractivity contribution >= 4 is 5.97 Å². The third kappa shape index (κ3) is 2.51. The predicted octanol–water partition coefficient (Wildman–Crippen LogP) is 3.71. The Kier molecular flexibility index (Phi) is 3.23. The van der Waals surface area contributed by atoms with Crippen molar-refractivity contribution in [3.8, 4) is 0 Å². The summed E-state index contributed by atoms with van der Waals surface area (Å²) in [6.45, 7) is 4.41. The van der Waals surface area contributed by atoms with Crippen LogP contribution in [0.3, 0.4) is 0 Å². The van der Waals surface area contributed by atoms with E-state index >= 15 is 0 Å². The molecule has 1 aromatic rings. The first-order valence-corrected chi connectivity index (χ1v) is 6.39. The zero-order valence-electron chi connectivity index (χ0n) is 10.6. The van der Waals surface area contributed by atoms with Gasteiger partial charge in [-0.2, -0.15) is 0 Å². The molecule has 1 saturated carbocycles. The molecule has 1 fully saturated rings. The van der Waals surface area contributed by atoms with Crippen LogP contribution in [0, 0.1) is 0 Å². The second-order valence-corrected chi connectivity index (χ2v) is 5.28. The third-order valence-corrected chi connectivity index (χ3v) is 4.05. The Hall–Kier alpha value is -1.31. The Labute approximate surface area is 103 Å². The van der Waals surface area contributed by atoms with Crippen molar-refractivity contribution in [3.63, 3.8) is 0 Å². The smallest absolute Gasteiger partial charge is 0.304 e. The molecule has 0 spiro atoms. The first-order valence-electron chi connectivity index (χ1n) is 6.39. The van der Waals surface area contributed by atoms with Crippen molar-refractivity contribution in [3.05, 3.63) is 35.4 Å². The topological polar surface area (TPSA) is 37.3 Å². The van der Waals surface area contributed by atoms with E-state index in [9.17, 15) is 4.79 Å². The van der Waals surface area contributed by atoms with Crippen LogP contribution in [0.25, 0.3) is 0 Å². The van der Waals surface area contributed by atoms with Crippen LogP contribution in [0.2, 0.25) is 0 Å². The summed E-state index contributed by atoms with van der Waals surface area (Å²) in [7, 11) is 0. The van der Waals surface area contributed by atoms with E-state index in [1.807, 2.05) is 0 Å². The number of carboxylic acid groups (broad SMARTS) is 1. The number of rotatable bonds is 5. The zero-order chi connectivity index (χ0) is 12.5. The van der Waals surface area contributed by atoms with Gasteiger partial charge in [0, 0.05) is 5.41 Å². The highest BCUT2D eigenvalue weighted by Crippen LogP contribution is 2.51. The Morgan fingerprint density at radius 1 is 1.35 bits per heavy atom. The number of aliphatic carboxylic acids is 1. The lowest BCUT2D eigenvalue weighted by molar-refractivity contribution is -0.137. The fourth-order valence-electron chi connectivity index (χ4n) is 2.41. The van der Waals surface area contributed by atoms with Crippen LogP contribution in [0.1, 0.15) is 56.6 Å². The minimum absolute atomic E-state index is 0.0557. The fourth-order valence-corrected chi connectivity index (χ4v) is 2.41. The van der Waals surface area contributed by atoms with Gasteiger partial charge in [-0.15, -0.1) is 0 Å². The Morgan fingerprint density at radius 2 is 1.94 bits per heavy atom. The molecule has 1 aliphatic carbocycles. The molecule has 1 N–H and O–H groups in total. The van der Waals surface area contributed by atoms with E-state index in [1.165, 1.54) is 11.1 Å². The van der Waals surface area contributed by atoms with Gasteiger partial charge in [-0.25, -0.2) is 0 Å². The first kappa shape index (κ1) is 12.2. The van der Waals surface area contributed by atoms with Gasteiger partial charge in [0.05, 0.1) is 6.42 Å². The summed E-state index contributed by atoms with van der Waals surface area (Å²) in [5.41, 5.74) is 2.49. The molecular weight excluding hydrogens is 212 g/mol. The molecule has 1 aliphatic rings. The summed E-state index contributed by atoms with van der Waals surface area (Å²) < 4.78 is 0. The molecule has 0 aromatic heterocycles. The standard InChI is InChI=1S/C15H20O2/c1-3-11(2)12-4-6-13(7-5-12)15(8-9-15)10-14(16)17/h4-7,11H,3,8-10H2,1-2H3,(H,16,17). The van der Waals surface area contributed by atoms with Crippen LogP contribution in [-0.4, -0.2) is 11.1 Å². The quantitative estimate of drug-likeness (QED) is 0.840. The van der Waals surface area contributed by atoms with Crippen molar-refractivity contribution in [1.29, 1.82) is 0 Å². The van der Waals surface area contributed by atoms with Crippen molar-refractivity contribution in [1.82, 2.24) is 0 Å². The molecule has 2 nitrogen and oxygen atoms in total. The van der Waals surface area contributed by atoms with E-state index < -0.39 is 5.97 Å². The fraction of sp³-hybridized carbons (Fsp3) is 0.533. The summed E-state index contributed by atoms with van der Waals surface area (Å²) >= 11 is 0. The maximum Gasteiger partial charge on any atom is 0.304 e. The lowest BCUT2D eigenvalue weighted by atomic mass is 9.89. The summed E-state index contributed by atoms with van der Waals surface area (Å²) in [4.78, 5) is 10.8. The molecule has 1 atom stereocenters. The van der Waals surface area contributed by atoms with Gasteiger partial charge in [-0.3, -0.25) is 4.79 Å². The molecule has 2 heteroatoms. The Morgan fingerprint density at radius 3 is 2.35 bits per heavy atom. The minimum atomic E-state index is -0.687. The van der Waals surface area contributed by atoms with Crippen molar-refractivity contribution in [2.24, 2.45) is 0 Å². The summed E-state index contributed by atoms with van der Waals surface area (Å²) in [6.07, 6.45) is 3.44. The maximum atomic E-state index is 10.8. The van der Waals surface area contributed by atoms with Crippen molar-refractivity contribution in [2.75, 3.05) is 0 Å². The van der Waals surface area contributed by atoms with Crippen LogP contribution in [-0.2, 0) is 10.2 Å². The van der Waals surface area contributed by atoms with Gasteiger partial charge in [0.1, 0.15) is 0 Å². The van der Waals surface area contributed by atoms with Crippen LogP contribution in [0.15, 0.2) is 24.3 Å². The predicted molar refractivity (Wildman–Crippen MR) is 68.3 cm³/mol. The monoisotopic (exact) mass is 232 g/mol. The molecule has 2 rings (SSSR count). The molecule has 0 saturated heterocycles. The zero-order valence-corrected chi connectivity index (χ0v) is 10.6. The van der Waals surface area contributed by atoms with E-state index in [0.29, 0.717) is 5.92 Å². The first-order chi connectivity index (χ1) is 8.07. The van der Waals surface area contributed by atoms with Gasteiger partial charge in [0.25, 0.3) is 0 Å². The van der Waals surface area contributed by atoms with E-state index in [0.717, 1.165) is 19.3 Å². The van der Waals surface area contributed by atoms with E-state index in [-0.39, 0.29) is 11.8 Å². The number of carboxylic acids is 1. The van der Waals surface area contributed by atoms with Gasteiger partial charge in [0.2, 0.25) is 0 Å². The minimum Gasteiger partial charge on any atom is -0.481 e. The Balaban J connectivity index is 2.15. The van der Waals surface area contributed by atoms with Crippen molar-refractivity contribution in [2.45, 2.75) is 50.9 Å². The number of hydrogen-bond donors (Lipinski definition) is 1. The third-order valence-electron chi connectivity index (χ3n) is 4.05. The number of benzene rings is 1. The van der Waals surface area contributed by atoms with Crippen LogP contribution < -0.4 is 0 Å². The lowest BCUT2D eigenvalue weighted by Crippen LogP contribution is -2.12. The van der Waals surface area contributed by atoms with Crippen LogP contribution >= 0.6 is 0 Å². The normalized spacial score (nSPS) is 18.7. The second-order valence-electron chi connectivity index (χ2n) is 5.28. The molecule has 1 unspecified atom stereocenters. The van der Waals surface area contributed by atoms with Gasteiger partial charge < -0.3 is 5.11 Å². The average molecular weight is 232 g/mol. The maximum absolute atomic E-state index is 10.8. The van der Waals surface area contributed by atoms with Gasteiger partial charge in [-0.1, -0.05) is 38.1 Å². The largest absolute Gasteiger partial charge is 0.481 e. The van der Waals surface area contributed by atoms with E-state index in [2.05, 4.69) is 38.1 Å². The molecular formula is C15H20O2. The number of hydrogen-bond acceptors (Lipinski definition) is 1. The second kappa shape index (κ2) is 4.52. The van der Waals surface area contributed by atoms with Gasteiger partial charge in [-0.05, 0) is 36.3 Å². The molecule has 0 radical (unpaired) electrons. The van der Waals surface area contributed by atoms with Gasteiger partial charge in [0.15, 0.2) is 0 Å². The Bertz CT molecular complexity index is 401. The van der Waals surface area contributed by atoms with Crippen LogP contribution in [0.5, 0.6) is 0 Å². The van der Waals surface area contributed by atoms with E-state index in [4.69, 9.17) is 5.11 Å². The highest BCUT2D eigenvalue weighted by molar-refractivity contribution is 5.70. The summed E-state index contributed by atoms with van der Waals surface area (Å²) in [5.74, 6) is -0.104. The highest BCUT2D eigenvalue weighted by Gasteiger charge is 2.45. The molecule has 0 aliphatic heterocycles. The molecule has 1 aromatic carbocycles. The molecule has 0 amide bonds. The molecule has 17 heavy (non-hydrogen) atoms. The average Bonchev–Trinajstić information content (AvgIpc) is 3.08. The molecule has 92 valence electrons.